The molecular formula is C15H15Br. The molecule has 0 radical (unpaired) electrons. The smallest absolute Gasteiger partial charge is 0.0181 e. The first-order chi connectivity index (χ1) is 7.68. The van der Waals surface area contributed by atoms with Crippen LogP contribution in [0.1, 0.15) is 25.3 Å². The highest BCUT2D eigenvalue weighted by Gasteiger charge is 2.07. The Kier molecular flexibility index (Phi) is 3.45. The predicted molar refractivity (Wildman–Crippen MR) is 73.7 cm³/mol. The van der Waals surface area contributed by atoms with Crippen molar-refractivity contribution in [3.63, 3.8) is 0 Å². The molecule has 0 saturated carbocycles. The number of halogens is 1. The van der Waals surface area contributed by atoms with E-state index in [-0.39, 0.29) is 0 Å². The van der Waals surface area contributed by atoms with Crippen molar-refractivity contribution in [3.05, 3.63) is 58.6 Å². The molecule has 0 aliphatic carbocycles. The van der Waals surface area contributed by atoms with Crippen LogP contribution in [0.15, 0.2) is 53.0 Å². The summed E-state index contributed by atoms with van der Waals surface area (Å²) in [5, 5.41) is 0. The summed E-state index contributed by atoms with van der Waals surface area (Å²) in [4.78, 5) is 0. The summed E-state index contributed by atoms with van der Waals surface area (Å²) >= 11 is 3.52. The second-order valence-electron chi connectivity index (χ2n) is 4.25. The van der Waals surface area contributed by atoms with Gasteiger partial charge in [-0.15, -0.1) is 0 Å². The second-order valence-corrected chi connectivity index (χ2v) is 5.17. The van der Waals surface area contributed by atoms with Crippen molar-refractivity contribution < 1.29 is 0 Å². The summed E-state index contributed by atoms with van der Waals surface area (Å²) in [5.41, 5.74) is 4.01. The Hall–Kier alpha value is -1.08. The molecule has 0 aromatic heterocycles. The lowest BCUT2D eigenvalue weighted by atomic mass is 9.93. The molecule has 0 atom stereocenters. The Balaban J connectivity index is 2.55. The SMILES string of the molecule is CC(C)c1ccccc1-c1cccc(Br)c1. The second kappa shape index (κ2) is 4.84. The van der Waals surface area contributed by atoms with E-state index >= 15 is 0 Å². The quantitative estimate of drug-likeness (QED) is 0.703. The van der Waals surface area contributed by atoms with Crippen LogP contribution in [0, 0.1) is 0 Å². The van der Waals surface area contributed by atoms with Crippen LogP contribution in [-0.2, 0) is 0 Å². The molecule has 0 amide bonds. The summed E-state index contributed by atoms with van der Waals surface area (Å²) in [7, 11) is 0. The average molecular weight is 275 g/mol. The molecule has 2 aromatic rings. The van der Waals surface area contributed by atoms with Crippen molar-refractivity contribution in [1.29, 1.82) is 0 Å². The Morgan fingerprint density at radius 3 is 2.38 bits per heavy atom. The maximum Gasteiger partial charge on any atom is 0.0181 e. The van der Waals surface area contributed by atoms with E-state index in [1.807, 2.05) is 0 Å². The van der Waals surface area contributed by atoms with Crippen molar-refractivity contribution in [2.24, 2.45) is 0 Å². The van der Waals surface area contributed by atoms with Crippen LogP contribution in [0.4, 0.5) is 0 Å². The van der Waals surface area contributed by atoms with Crippen LogP contribution in [0.3, 0.4) is 0 Å². The zero-order valence-corrected chi connectivity index (χ0v) is 11.2. The highest BCUT2D eigenvalue weighted by atomic mass is 79.9. The fourth-order valence-corrected chi connectivity index (χ4v) is 2.32. The van der Waals surface area contributed by atoms with E-state index in [9.17, 15) is 0 Å². The van der Waals surface area contributed by atoms with Crippen molar-refractivity contribution in [2.75, 3.05) is 0 Å². The van der Waals surface area contributed by atoms with Crippen LogP contribution < -0.4 is 0 Å². The molecule has 0 aliphatic rings. The number of rotatable bonds is 2. The van der Waals surface area contributed by atoms with E-state index in [0.29, 0.717) is 5.92 Å². The largest absolute Gasteiger partial charge is 0.0619 e. The monoisotopic (exact) mass is 274 g/mol. The Labute approximate surface area is 105 Å². The van der Waals surface area contributed by atoms with Crippen LogP contribution in [0.25, 0.3) is 11.1 Å². The first-order valence-electron chi connectivity index (χ1n) is 5.53. The van der Waals surface area contributed by atoms with E-state index in [4.69, 9.17) is 0 Å². The lowest BCUT2D eigenvalue weighted by Gasteiger charge is -2.12. The molecular weight excluding hydrogens is 260 g/mol. The normalized spacial score (nSPS) is 10.8. The fourth-order valence-electron chi connectivity index (χ4n) is 1.92. The van der Waals surface area contributed by atoms with E-state index in [1.165, 1.54) is 16.7 Å². The maximum atomic E-state index is 3.52. The summed E-state index contributed by atoms with van der Waals surface area (Å²) in [5.74, 6) is 0.551. The molecule has 2 rings (SSSR count). The van der Waals surface area contributed by atoms with Gasteiger partial charge in [0.2, 0.25) is 0 Å². The van der Waals surface area contributed by atoms with Crippen molar-refractivity contribution in [3.8, 4) is 11.1 Å². The van der Waals surface area contributed by atoms with Crippen LogP contribution in [0.2, 0.25) is 0 Å². The zero-order chi connectivity index (χ0) is 11.5. The van der Waals surface area contributed by atoms with Crippen molar-refractivity contribution in [1.82, 2.24) is 0 Å². The Morgan fingerprint density at radius 2 is 1.69 bits per heavy atom. The zero-order valence-electron chi connectivity index (χ0n) is 9.57. The van der Waals surface area contributed by atoms with Gasteiger partial charge in [-0.3, -0.25) is 0 Å². The van der Waals surface area contributed by atoms with Gasteiger partial charge in [0.05, 0.1) is 0 Å². The molecule has 0 saturated heterocycles. The molecule has 0 nitrogen and oxygen atoms in total. The van der Waals surface area contributed by atoms with Gasteiger partial charge < -0.3 is 0 Å². The Bertz CT molecular complexity index is 486. The van der Waals surface area contributed by atoms with Gasteiger partial charge in [0.1, 0.15) is 0 Å². The van der Waals surface area contributed by atoms with Gasteiger partial charge in [-0.05, 0) is 34.7 Å². The molecule has 0 aliphatic heterocycles. The first kappa shape index (κ1) is 11.4. The minimum Gasteiger partial charge on any atom is -0.0619 e. The standard InChI is InChI=1S/C15H15Br/c1-11(2)14-8-3-4-9-15(14)12-6-5-7-13(16)10-12/h3-11H,1-2H3. The molecule has 0 spiro atoms. The van der Waals surface area contributed by atoms with Crippen LogP contribution in [-0.4, -0.2) is 0 Å². The Morgan fingerprint density at radius 1 is 0.938 bits per heavy atom. The van der Waals surface area contributed by atoms with Crippen molar-refractivity contribution >= 4 is 15.9 Å². The van der Waals surface area contributed by atoms with Gasteiger partial charge in [0.25, 0.3) is 0 Å². The number of hydrogen-bond acceptors (Lipinski definition) is 0. The highest BCUT2D eigenvalue weighted by molar-refractivity contribution is 9.10. The summed E-state index contributed by atoms with van der Waals surface area (Å²) in [6.45, 7) is 4.47. The molecule has 1 heteroatoms. The third-order valence-electron chi connectivity index (χ3n) is 2.72. The predicted octanol–water partition coefficient (Wildman–Crippen LogP) is 5.24. The first-order valence-corrected chi connectivity index (χ1v) is 6.32. The molecule has 16 heavy (non-hydrogen) atoms. The average Bonchev–Trinajstić information content (AvgIpc) is 2.29. The van der Waals surface area contributed by atoms with Crippen LogP contribution in [0.5, 0.6) is 0 Å². The minimum absolute atomic E-state index is 0.551. The summed E-state index contributed by atoms with van der Waals surface area (Å²) in [6.07, 6.45) is 0. The lowest BCUT2D eigenvalue weighted by molar-refractivity contribution is 0.869. The minimum atomic E-state index is 0.551. The van der Waals surface area contributed by atoms with Gasteiger partial charge >= 0.3 is 0 Å². The molecule has 0 heterocycles. The molecule has 2 aromatic carbocycles. The van der Waals surface area contributed by atoms with E-state index < -0.39 is 0 Å². The topological polar surface area (TPSA) is 0 Å². The van der Waals surface area contributed by atoms with E-state index in [1.54, 1.807) is 0 Å². The molecule has 0 unspecified atom stereocenters. The summed E-state index contributed by atoms with van der Waals surface area (Å²) in [6, 6.07) is 17.1. The molecule has 0 N–H and O–H groups in total. The van der Waals surface area contributed by atoms with E-state index in [0.717, 1.165) is 4.47 Å². The molecule has 0 fully saturated rings. The molecule has 82 valence electrons. The third-order valence-corrected chi connectivity index (χ3v) is 3.21. The van der Waals surface area contributed by atoms with E-state index in [2.05, 4.69) is 78.3 Å². The summed E-state index contributed by atoms with van der Waals surface area (Å²) < 4.78 is 1.13. The number of benzene rings is 2. The molecule has 0 bridgehead atoms. The fraction of sp³-hybridized carbons (Fsp3) is 0.200. The van der Waals surface area contributed by atoms with Gasteiger partial charge in [0, 0.05) is 4.47 Å². The lowest BCUT2D eigenvalue weighted by Crippen LogP contribution is -1.91. The maximum absolute atomic E-state index is 3.52. The van der Waals surface area contributed by atoms with Crippen LogP contribution >= 0.6 is 15.9 Å². The third kappa shape index (κ3) is 2.35. The number of hydrogen-bond donors (Lipinski definition) is 0. The van der Waals surface area contributed by atoms with Gasteiger partial charge in [-0.25, -0.2) is 0 Å². The van der Waals surface area contributed by atoms with Gasteiger partial charge in [0.15, 0.2) is 0 Å². The highest BCUT2D eigenvalue weighted by Crippen LogP contribution is 2.30. The van der Waals surface area contributed by atoms with Gasteiger partial charge in [-0.1, -0.05) is 66.2 Å². The van der Waals surface area contributed by atoms with Crippen molar-refractivity contribution in [2.45, 2.75) is 19.8 Å². The van der Waals surface area contributed by atoms with Gasteiger partial charge in [-0.2, -0.15) is 0 Å².